The molecule has 0 unspecified atom stereocenters. The third-order valence-electron chi connectivity index (χ3n) is 3.76. The SMILES string of the molecule is CCCCOc1ccc(S(=O)(=O)Nc2ccc(CC(=O)OCC)cc2)cc1. The van der Waals surface area contributed by atoms with Crippen molar-refractivity contribution in [1.29, 1.82) is 0 Å². The lowest BCUT2D eigenvalue weighted by molar-refractivity contribution is -0.142. The second kappa shape index (κ2) is 9.97. The van der Waals surface area contributed by atoms with Gasteiger partial charge < -0.3 is 9.47 Å². The van der Waals surface area contributed by atoms with E-state index in [1.807, 2.05) is 0 Å². The van der Waals surface area contributed by atoms with E-state index < -0.39 is 10.0 Å². The zero-order chi connectivity index (χ0) is 19.7. The van der Waals surface area contributed by atoms with Crippen molar-refractivity contribution in [2.45, 2.75) is 38.0 Å². The number of hydrogen-bond donors (Lipinski definition) is 1. The average Bonchev–Trinajstić information content (AvgIpc) is 2.64. The molecule has 2 rings (SSSR count). The number of sulfonamides is 1. The molecular weight excluding hydrogens is 366 g/mol. The number of esters is 1. The molecule has 2 aromatic rings. The molecule has 0 aliphatic carbocycles. The van der Waals surface area contributed by atoms with Gasteiger partial charge in [0.05, 0.1) is 24.5 Å². The molecule has 7 heteroatoms. The van der Waals surface area contributed by atoms with Crippen LogP contribution in [0.2, 0.25) is 0 Å². The van der Waals surface area contributed by atoms with E-state index in [-0.39, 0.29) is 17.3 Å². The molecule has 146 valence electrons. The Hall–Kier alpha value is -2.54. The van der Waals surface area contributed by atoms with Gasteiger partial charge >= 0.3 is 5.97 Å². The largest absolute Gasteiger partial charge is 0.494 e. The highest BCUT2D eigenvalue weighted by Crippen LogP contribution is 2.20. The van der Waals surface area contributed by atoms with Crippen LogP contribution < -0.4 is 9.46 Å². The second-order valence-electron chi connectivity index (χ2n) is 5.96. The van der Waals surface area contributed by atoms with Gasteiger partial charge in [0.25, 0.3) is 10.0 Å². The summed E-state index contributed by atoms with van der Waals surface area (Å²) in [5, 5.41) is 0. The highest BCUT2D eigenvalue weighted by Gasteiger charge is 2.14. The van der Waals surface area contributed by atoms with E-state index in [1.165, 1.54) is 12.1 Å². The molecule has 2 aromatic carbocycles. The fourth-order valence-electron chi connectivity index (χ4n) is 2.33. The van der Waals surface area contributed by atoms with Crippen molar-refractivity contribution in [2.75, 3.05) is 17.9 Å². The van der Waals surface area contributed by atoms with Gasteiger partial charge in [0, 0.05) is 5.69 Å². The van der Waals surface area contributed by atoms with Gasteiger partial charge in [-0.1, -0.05) is 25.5 Å². The zero-order valence-electron chi connectivity index (χ0n) is 15.6. The molecule has 0 bridgehead atoms. The summed E-state index contributed by atoms with van der Waals surface area (Å²) in [6.45, 7) is 4.77. The number of hydrogen-bond acceptors (Lipinski definition) is 5. The third-order valence-corrected chi connectivity index (χ3v) is 5.16. The van der Waals surface area contributed by atoms with Gasteiger partial charge in [-0.15, -0.1) is 0 Å². The number of nitrogens with one attached hydrogen (secondary N) is 1. The van der Waals surface area contributed by atoms with Crippen molar-refractivity contribution < 1.29 is 22.7 Å². The summed E-state index contributed by atoms with van der Waals surface area (Å²) in [5.41, 5.74) is 1.18. The van der Waals surface area contributed by atoms with Gasteiger partial charge in [0.15, 0.2) is 0 Å². The molecule has 27 heavy (non-hydrogen) atoms. The molecular formula is C20H25NO5S. The van der Waals surface area contributed by atoms with Crippen molar-refractivity contribution in [2.24, 2.45) is 0 Å². The van der Waals surface area contributed by atoms with Crippen LogP contribution in [0.25, 0.3) is 0 Å². The van der Waals surface area contributed by atoms with Crippen molar-refractivity contribution in [3.63, 3.8) is 0 Å². The number of anilines is 1. The van der Waals surface area contributed by atoms with Gasteiger partial charge in [0.1, 0.15) is 5.75 Å². The van der Waals surface area contributed by atoms with Crippen LogP contribution in [0.3, 0.4) is 0 Å². The molecule has 0 heterocycles. The molecule has 0 amide bonds. The molecule has 0 radical (unpaired) electrons. The zero-order valence-corrected chi connectivity index (χ0v) is 16.4. The number of ether oxygens (including phenoxy) is 2. The van der Waals surface area contributed by atoms with E-state index >= 15 is 0 Å². The Balaban J connectivity index is 2.00. The minimum absolute atomic E-state index is 0.153. The van der Waals surface area contributed by atoms with Crippen molar-refractivity contribution >= 4 is 21.7 Å². The first-order chi connectivity index (χ1) is 12.9. The number of carbonyl (C=O) groups excluding carboxylic acids is 1. The smallest absolute Gasteiger partial charge is 0.310 e. The maximum Gasteiger partial charge on any atom is 0.310 e. The van der Waals surface area contributed by atoms with E-state index in [0.717, 1.165) is 18.4 Å². The Labute approximate surface area is 160 Å². The third kappa shape index (κ3) is 6.60. The van der Waals surface area contributed by atoms with Crippen LogP contribution in [-0.4, -0.2) is 27.6 Å². The average molecular weight is 391 g/mol. The monoisotopic (exact) mass is 391 g/mol. The number of unbranched alkanes of at least 4 members (excludes halogenated alkanes) is 1. The number of rotatable bonds is 10. The summed E-state index contributed by atoms with van der Waals surface area (Å²) in [7, 11) is -3.70. The summed E-state index contributed by atoms with van der Waals surface area (Å²) in [6.07, 6.45) is 2.14. The molecule has 0 saturated heterocycles. The second-order valence-corrected chi connectivity index (χ2v) is 7.64. The van der Waals surface area contributed by atoms with Crippen LogP contribution >= 0.6 is 0 Å². The molecule has 0 aliphatic rings. The first kappa shape index (κ1) is 20.8. The fraction of sp³-hybridized carbons (Fsp3) is 0.350. The topological polar surface area (TPSA) is 81.7 Å². The molecule has 0 aromatic heterocycles. The normalized spacial score (nSPS) is 11.0. The minimum Gasteiger partial charge on any atom is -0.494 e. The van der Waals surface area contributed by atoms with E-state index in [9.17, 15) is 13.2 Å². The van der Waals surface area contributed by atoms with Crippen molar-refractivity contribution in [3.8, 4) is 5.75 Å². The Bertz CT molecular complexity index is 830. The summed E-state index contributed by atoms with van der Waals surface area (Å²) < 4.78 is 38.0. The molecule has 6 nitrogen and oxygen atoms in total. The van der Waals surface area contributed by atoms with Gasteiger partial charge in [0.2, 0.25) is 0 Å². The molecule has 0 spiro atoms. The van der Waals surface area contributed by atoms with Crippen LogP contribution in [-0.2, 0) is 26.0 Å². The van der Waals surface area contributed by atoms with Gasteiger partial charge in [-0.3, -0.25) is 9.52 Å². The Morgan fingerprint density at radius 2 is 1.67 bits per heavy atom. The van der Waals surface area contributed by atoms with E-state index in [1.54, 1.807) is 43.3 Å². The molecule has 0 fully saturated rings. The summed E-state index contributed by atoms with van der Waals surface area (Å²) in [6, 6.07) is 12.9. The predicted octanol–water partition coefficient (Wildman–Crippen LogP) is 3.77. The van der Waals surface area contributed by atoms with Crippen molar-refractivity contribution in [1.82, 2.24) is 0 Å². The minimum atomic E-state index is -3.70. The summed E-state index contributed by atoms with van der Waals surface area (Å²) >= 11 is 0. The summed E-state index contributed by atoms with van der Waals surface area (Å²) in [4.78, 5) is 11.6. The lowest BCUT2D eigenvalue weighted by Crippen LogP contribution is -2.13. The van der Waals surface area contributed by atoms with Crippen LogP contribution in [0.4, 0.5) is 5.69 Å². The van der Waals surface area contributed by atoms with E-state index in [4.69, 9.17) is 9.47 Å². The Morgan fingerprint density at radius 3 is 2.26 bits per heavy atom. The molecule has 1 N–H and O–H groups in total. The maximum absolute atomic E-state index is 12.5. The van der Waals surface area contributed by atoms with Crippen LogP contribution in [0.1, 0.15) is 32.3 Å². The maximum atomic E-state index is 12.5. The number of carbonyl (C=O) groups is 1. The molecule has 0 saturated carbocycles. The Kier molecular flexibility index (Phi) is 7.67. The van der Waals surface area contributed by atoms with Gasteiger partial charge in [-0.2, -0.15) is 0 Å². The molecule has 0 aliphatic heterocycles. The van der Waals surface area contributed by atoms with Crippen LogP contribution in [0.15, 0.2) is 53.4 Å². The lowest BCUT2D eigenvalue weighted by Gasteiger charge is -2.10. The predicted molar refractivity (Wildman–Crippen MR) is 104 cm³/mol. The first-order valence-electron chi connectivity index (χ1n) is 8.95. The number of benzene rings is 2. The highest BCUT2D eigenvalue weighted by atomic mass is 32.2. The van der Waals surface area contributed by atoms with Crippen LogP contribution in [0, 0.1) is 0 Å². The lowest BCUT2D eigenvalue weighted by atomic mass is 10.1. The standard InChI is InChI=1S/C20H25NO5S/c1-3-5-14-26-18-10-12-19(13-11-18)27(23,24)21-17-8-6-16(7-9-17)15-20(22)25-4-2/h6-13,21H,3-5,14-15H2,1-2H3. The van der Waals surface area contributed by atoms with Gasteiger partial charge in [-0.05, 0) is 55.3 Å². The van der Waals surface area contributed by atoms with Crippen LogP contribution in [0.5, 0.6) is 5.75 Å². The first-order valence-corrected chi connectivity index (χ1v) is 10.4. The summed E-state index contributed by atoms with van der Waals surface area (Å²) in [5.74, 6) is 0.331. The van der Waals surface area contributed by atoms with Gasteiger partial charge in [-0.25, -0.2) is 8.42 Å². The van der Waals surface area contributed by atoms with E-state index in [2.05, 4.69) is 11.6 Å². The van der Waals surface area contributed by atoms with Crippen molar-refractivity contribution in [3.05, 3.63) is 54.1 Å². The Morgan fingerprint density at radius 1 is 1.00 bits per heavy atom. The fourth-order valence-corrected chi connectivity index (χ4v) is 3.39. The quantitative estimate of drug-likeness (QED) is 0.492. The van der Waals surface area contributed by atoms with E-state index in [0.29, 0.717) is 24.7 Å². The highest BCUT2D eigenvalue weighted by molar-refractivity contribution is 7.92. The molecule has 0 atom stereocenters.